The van der Waals surface area contributed by atoms with E-state index < -0.39 is 0 Å². The van der Waals surface area contributed by atoms with Gasteiger partial charge in [0, 0.05) is 12.1 Å². The Hall–Kier alpha value is -2.55. The fourth-order valence-electron chi connectivity index (χ4n) is 2.11. The standard InChI is InChI=1S/C15H17N5O3S/c1-9(2)20-12(4-6-16-20)17-13(21)8-24-15-19-18-14(23-15)11-5-7-22-10(11)3/h4-7,9H,8H2,1-3H3,(H,17,21). The molecule has 0 aliphatic carbocycles. The minimum atomic E-state index is -0.165. The highest BCUT2D eigenvalue weighted by atomic mass is 32.2. The summed E-state index contributed by atoms with van der Waals surface area (Å²) in [6.07, 6.45) is 3.22. The molecule has 1 N–H and O–H groups in total. The second kappa shape index (κ2) is 6.91. The predicted octanol–water partition coefficient (Wildman–Crippen LogP) is 3.15. The molecule has 0 unspecified atom stereocenters. The molecule has 0 bridgehead atoms. The molecular weight excluding hydrogens is 330 g/mol. The highest BCUT2D eigenvalue weighted by molar-refractivity contribution is 7.99. The van der Waals surface area contributed by atoms with E-state index in [0.717, 1.165) is 5.56 Å². The first-order chi connectivity index (χ1) is 11.5. The van der Waals surface area contributed by atoms with Crippen molar-refractivity contribution >= 4 is 23.5 Å². The van der Waals surface area contributed by atoms with Crippen molar-refractivity contribution in [2.24, 2.45) is 0 Å². The average Bonchev–Trinajstić information content (AvgIpc) is 3.25. The van der Waals surface area contributed by atoms with Gasteiger partial charge in [0.15, 0.2) is 0 Å². The lowest BCUT2D eigenvalue weighted by molar-refractivity contribution is -0.113. The molecule has 3 aromatic heterocycles. The normalized spacial score (nSPS) is 11.2. The van der Waals surface area contributed by atoms with E-state index in [4.69, 9.17) is 8.83 Å². The number of furan rings is 1. The van der Waals surface area contributed by atoms with Gasteiger partial charge in [0.05, 0.1) is 23.8 Å². The van der Waals surface area contributed by atoms with Crippen molar-refractivity contribution in [3.63, 3.8) is 0 Å². The van der Waals surface area contributed by atoms with Crippen LogP contribution in [0, 0.1) is 6.92 Å². The number of nitrogens with zero attached hydrogens (tertiary/aromatic N) is 4. The van der Waals surface area contributed by atoms with E-state index in [-0.39, 0.29) is 17.7 Å². The molecule has 0 aliphatic rings. The van der Waals surface area contributed by atoms with E-state index in [2.05, 4.69) is 20.6 Å². The lowest BCUT2D eigenvalue weighted by Crippen LogP contribution is -2.18. The number of hydrogen-bond acceptors (Lipinski definition) is 7. The molecule has 0 saturated carbocycles. The van der Waals surface area contributed by atoms with Crippen LogP contribution in [-0.4, -0.2) is 31.6 Å². The first-order valence-corrected chi connectivity index (χ1v) is 8.37. The third kappa shape index (κ3) is 3.51. The predicted molar refractivity (Wildman–Crippen MR) is 88.7 cm³/mol. The summed E-state index contributed by atoms with van der Waals surface area (Å²) in [5, 5.41) is 15.2. The Morgan fingerprint density at radius 3 is 2.92 bits per heavy atom. The number of nitrogens with one attached hydrogen (secondary N) is 1. The maximum Gasteiger partial charge on any atom is 0.277 e. The first-order valence-electron chi connectivity index (χ1n) is 7.38. The van der Waals surface area contributed by atoms with Crippen LogP contribution in [0.4, 0.5) is 5.82 Å². The topological polar surface area (TPSA) is 99.0 Å². The smallest absolute Gasteiger partial charge is 0.277 e. The third-order valence-corrected chi connectivity index (χ3v) is 4.07. The van der Waals surface area contributed by atoms with Crippen molar-refractivity contribution in [3.8, 4) is 11.5 Å². The lowest BCUT2D eigenvalue weighted by atomic mass is 10.3. The summed E-state index contributed by atoms with van der Waals surface area (Å²) in [4.78, 5) is 12.1. The summed E-state index contributed by atoms with van der Waals surface area (Å²) >= 11 is 1.18. The molecule has 0 fully saturated rings. The van der Waals surface area contributed by atoms with E-state index >= 15 is 0 Å². The highest BCUT2D eigenvalue weighted by Crippen LogP contribution is 2.26. The van der Waals surface area contributed by atoms with Gasteiger partial charge in [0.1, 0.15) is 11.6 Å². The largest absolute Gasteiger partial charge is 0.469 e. The Balaban J connectivity index is 1.58. The highest BCUT2D eigenvalue weighted by Gasteiger charge is 2.15. The van der Waals surface area contributed by atoms with Gasteiger partial charge in [-0.1, -0.05) is 11.8 Å². The Morgan fingerprint density at radius 2 is 2.21 bits per heavy atom. The summed E-state index contributed by atoms with van der Waals surface area (Å²) in [6, 6.07) is 3.69. The fourth-order valence-corrected chi connectivity index (χ4v) is 2.68. The van der Waals surface area contributed by atoms with E-state index in [1.165, 1.54) is 11.8 Å². The lowest BCUT2D eigenvalue weighted by Gasteiger charge is -2.11. The average molecular weight is 347 g/mol. The van der Waals surface area contributed by atoms with Crippen LogP contribution in [0.1, 0.15) is 25.6 Å². The van der Waals surface area contributed by atoms with Gasteiger partial charge < -0.3 is 14.2 Å². The number of aryl methyl sites for hydroxylation is 1. The molecule has 3 aromatic rings. The molecule has 24 heavy (non-hydrogen) atoms. The third-order valence-electron chi connectivity index (χ3n) is 3.25. The summed E-state index contributed by atoms with van der Waals surface area (Å²) in [7, 11) is 0. The minimum absolute atomic E-state index is 0.162. The van der Waals surface area contributed by atoms with Crippen molar-refractivity contribution in [2.75, 3.05) is 11.1 Å². The quantitative estimate of drug-likeness (QED) is 0.684. The number of anilines is 1. The molecule has 9 heteroatoms. The Labute approximate surface area is 142 Å². The number of hydrogen-bond donors (Lipinski definition) is 1. The molecular formula is C15H17N5O3S. The van der Waals surface area contributed by atoms with Crippen molar-refractivity contribution < 1.29 is 13.6 Å². The maximum absolute atomic E-state index is 12.1. The summed E-state index contributed by atoms with van der Waals surface area (Å²) in [5.41, 5.74) is 0.750. The van der Waals surface area contributed by atoms with Crippen molar-refractivity contribution in [1.29, 1.82) is 0 Å². The molecule has 0 saturated heterocycles. The van der Waals surface area contributed by atoms with Gasteiger partial charge >= 0.3 is 0 Å². The molecule has 0 atom stereocenters. The number of thioether (sulfide) groups is 1. The van der Waals surface area contributed by atoms with Gasteiger partial charge in [0.2, 0.25) is 5.91 Å². The Morgan fingerprint density at radius 1 is 1.38 bits per heavy atom. The van der Waals surface area contributed by atoms with Crippen molar-refractivity contribution in [1.82, 2.24) is 20.0 Å². The minimum Gasteiger partial charge on any atom is -0.469 e. The molecule has 8 nitrogen and oxygen atoms in total. The Kier molecular flexibility index (Phi) is 4.70. The summed E-state index contributed by atoms with van der Waals surface area (Å²) in [6.45, 7) is 5.81. The second-order valence-corrected chi connectivity index (χ2v) is 6.28. The van der Waals surface area contributed by atoms with Crippen LogP contribution in [0.2, 0.25) is 0 Å². The van der Waals surface area contributed by atoms with Gasteiger partial charge in [-0.2, -0.15) is 5.10 Å². The molecule has 126 valence electrons. The zero-order valence-corrected chi connectivity index (χ0v) is 14.3. The summed E-state index contributed by atoms with van der Waals surface area (Å²) in [5.74, 6) is 1.74. The van der Waals surface area contributed by atoms with Crippen LogP contribution < -0.4 is 5.32 Å². The number of amides is 1. The van der Waals surface area contributed by atoms with Gasteiger partial charge in [-0.05, 0) is 26.8 Å². The SMILES string of the molecule is Cc1occc1-c1nnc(SCC(=O)Nc2ccnn2C(C)C)o1. The van der Waals surface area contributed by atoms with Crippen LogP contribution in [-0.2, 0) is 4.79 Å². The van der Waals surface area contributed by atoms with Crippen LogP contribution in [0.3, 0.4) is 0 Å². The van der Waals surface area contributed by atoms with E-state index in [9.17, 15) is 4.79 Å². The molecule has 3 heterocycles. The summed E-state index contributed by atoms with van der Waals surface area (Å²) < 4.78 is 12.5. The molecule has 1 amide bonds. The van der Waals surface area contributed by atoms with Crippen LogP contribution >= 0.6 is 11.8 Å². The number of rotatable bonds is 6. The molecule has 0 spiro atoms. The van der Waals surface area contributed by atoms with Gasteiger partial charge in [-0.15, -0.1) is 10.2 Å². The Bertz CT molecular complexity index is 836. The van der Waals surface area contributed by atoms with Gasteiger partial charge in [0.25, 0.3) is 11.1 Å². The molecule has 0 aromatic carbocycles. The van der Waals surface area contributed by atoms with Crippen molar-refractivity contribution in [3.05, 3.63) is 30.4 Å². The molecule has 0 radical (unpaired) electrons. The second-order valence-electron chi connectivity index (χ2n) is 5.36. The zero-order valence-electron chi connectivity index (χ0n) is 13.5. The zero-order chi connectivity index (χ0) is 17.1. The van der Waals surface area contributed by atoms with Gasteiger partial charge in [-0.25, -0.2) is 4.68 Å². The maximum atomic E-state index is 12.1. The number of carbonyl (C=O) groups excluding carboxylic acids is 1. The van der Waals surface area contributed by atoms with Gasteiger partial charge in [-0.3, -0.25) is 4.79 Å². The molecule has 0 aliphatic heterocycles. The van der Waals surface area contributed by atoms with Crippen LogP contribution in [0.25, 0.3) is 11.5 Å². The number of aromatic nitrogens is 4. The monoisotopic (exact) mass is 347 g/mol. The first kappa shape index (κ1) is 16.3. The van der Waals surface area contributed by atoms with E-state index in [1.807, 2.05) is 20.8 Å². The van der Waals surface area contributed by atoms with Crippen molar-refractivity contribution in [2.45, 2.75) is 32.0 Å². The van der Waals surface area contributed by atoms with E-state index in [1.54, 1.807) is 29.3 Å². The molecule has 3 rings (SSSR count). The van der Waals surface area contributed by atoms with E-state index in [0.29, 0.717) is 22.7 Å². The van der Waals surface area contributed by atoms with Crippen LogP contribution in [0.5, 0.6) is 0 Å². The fraction of sp³-hybridized carbons (Fsp3) is 0.333. The van der Waals surface area contributed by atoms with Crippen LogP contribution in [0.15, 0.2) is 38.6 Å². The number of carbonyl (C=O) groups is 1.